The molecule has 4 rings (SSSR count). The van der Waals surface area contributed by atoms with Crippen molar-refractivity contribution in [2.45, 2.75) is 37.9 Å². The molecule has 2 aromatic heterocycles. The molecule has 0 amide bonds. The fourth-order valence-corrected chi connectivity index (χ4v) is 3.31. The molecule has 0 spiro atoms. The van der Waals surface area contributed by atoms with Crippen molar-refractivity contribution in [3.8, 4) is 11.1 Å². The number of hydrogen-bond donors (Lipinski definition) is 1. The molecule has 1 aliphatic rings. The van der Waals surface area contributed by atoms with E-state index >= 15 is 0 Å². The van der Waals surface area contributed by atoms with Crippen molar-refractivity contribution in [2.24, 2.45) is 0 Å². The number of Topliss-reactive ketones (excluding diaryl/α,β-unsaturated/α-hetero) is 1. The van der Waals surface area contributed by atoms with Crippen molar-refractivity contribution in [1.82, 2.24) is 14.6 Å². The van der Waals surface area contributed by atoms with Crippen molar-refractivity contribution >= 4 is 17.2 Å². The van der Waals surface area contributed by atoms with Gasteiger partial charge in [0.25, 0.3) is 0 Å². The van der Waals surface area contributed by atoms with Crippen molar-refractivity contribution in [1.29, 1.82) is 0 Å². The maximum atomic E-state index is 13.0. The molecule has 2 heterocycles. The van der Waals surface area contributed by atoms with Crippen molar-refractivity contribution in [3.63, 3.8) is 0 Å². The molecule has 0 aliphatic heterocycles. The Morgan fingerprint density at radius 2 is 1.93 bits per heavy atom. The molecule has 0 atom stereocenters. The molecule has 0 unspecified atom stereocenters. The first-order chi connectivity index (χ1) is 12.9. The quantitative estimate of drug-likeness (QED) is 0.741. The van der Waals surface area contributed by atoms with E-state index in [1.165, 1.54) is 16.8 Å². The van der Waals surface area contributed by atoms with Crippen LogP contribution in [0.2, 0.25) is 0 Å². The summed E-state index contributed by atoms with van der Waals surface area (Å²) in [6.07, 6.45) is 1.45. The van der Waals surface area contributed by atoms with Crippen LogP contribution in [0.4, 0.5) is 19.0 Å². The van der Waals surface area contributed by atoms with Gasteiger partial charge >= 0.3 is 6.18 Å². The third-order valence-electron chi connectivity index (χ3n) is 4.77. The van der Waals surface area contributed by atoms with Gasteiger partial charge in [0, 0.05) is 30.6 Å². The highest BCUT2D eigenvalue weighted by Crippen LogP contribution is 2.33. The number of aromatic nitrogens is 3. The average molecular weight is 374 g/mol. The minimum atomic E-state index is -4.41. The summed E-state index contributed by atoms with van der Waals surface area (Å²) in [6, 6.07) is 7.07. The lowest BCUT2D eigenvalue weighted by Crippen LogP contribution is -2.26. The summed E-state index contributed by atoms with van der Waals surface area (Å²) >= 11 is 0. The van der Waals surface area contributed by atoms with E-state index < -0.39 is 11.7 Å². The summed E-state index contributed by atoms with van der Waals surface area (Å²) in [5, 5.41) is 7.50. The fraction of sp³-hybridized carbons (Fsp3) is 0.316. The Balaban J connectivity index is 1.66. The molecule has 140 valence electrons. The van der Waals surface area contributed by atoms with E-state index in [9.17, 15) is 18.0 Å². The summed E-state index contributed by atoms with van der Waals surface area (Å²) in [7, 11) is 0. The molecule has 1 aliphatic carbocycles. The highest BCUT2D eigenvalue weighted by atomic mass is 19.4. The molecule has 0 radical (unpaired) electrons. The summed E-state index contributed by atoms with van der Waals surface area (Å²) in [6.45, 7) is 0. The molecule has 8 heteroatoms. The molecule has 1 N–H and O–H groups in total. The Bertz CT molecular complexity index is 986. The number of rotatable bonds is 3. The second-order valence-corrected chi connectivity index (χ2v) is 6.68. The van der Waals surface area contributed by atoms with Crippen LogP contribution >= 0.6 is 0 Å². The third kappa shape index (κ3) is 3.65. The van der Waals surface area contributed by atoms with Crippen LogP contribution in [-0.2, 0) is 11.0 Å². The molecule has 27 heavy (non-hydrogen) atoms. The molecule has 1 fully saturated rings. The molecule has 1 saturated carbocycles. The standard InChI is InChI=1S/C19H17F3N4O/c20-19(21,22)13-3-1-2-12(10-13)16-11-23-26-9-8-17(25-18(16)26)24-14-4-6-15(27)7-5-14/h1-3,8-11,14H,4-7H2,(H,24,25). The van der Waals surface area contributed by atoms with E-state index in [2.05, 4.69) is 15.4 Å². The van der Waals surface area contributed by atoms with Gasteiger partial charge in [-0.15, -0.1) is 0 Å². The topological polar surface area (TPSA) is 59.3 Å². The zero-order valence-electron chi connectivity index (χ0n) is 14.3. The normalized spacial score (nSPS) is 16.0. The van der Waals surface area contributed by atoms with Crippen LogP contribution in [-0.4, -0.2) is 26.4 Å². The maximum Gasteiger partial charge on any atom is 0.416 e. The number of carbonyl (C=O) groups excluding carboxylic acids is 1. The van der Waals surface area contributed by atoms with Gasteiger partial charge in [-0.3, -0.25) is 4.79 Å². The van der Waals surface area contributed by atoms with Gasteiger partial charge in [0.15, 0.2) is 5.65 Å². The fourth-order valence-electron chi connectivity index (χ4n) is 3.31. The molecular formula is C19H17F3N4O. The molecular weight excluding hydrogens is 357 g/mol. The monoisotopic (exact) mass is 374 g/mol. The Kier molecular flexibility index (Phi) is 4.33. The number of halogens is 3. The molecule has 0 saturated heterocycles. The van der Waals surface area contributed by atoms with Crippen LogP contribution in [0.25, 0.3) is 16.8 Å². The smallest absolute Gasteiger partial charge is 0.367 e. The number of hydrogen-bond acceptors (Lipinski definition) is 4. The van der Waals surface area contributed by atoms with Gasteiger partial charge in [0.2, 0.25) is 0 Å². The molecule has 5 nitrogen and oxygen atoms in total. The van der Waals surface area contributed by atoms with E-state index in [4.69, 9.17) is 0 Å². The highest BCUT2D eigenvalue weighted by Gasteiger charge is 2.30. The van der Waals surface area contributed by atoms with Crippen molar-refractivity contribution in [2.75, 3.05) is 5.32 Å². The first-order valence-electron chi connectivity index (χ1n) is 8.70. The lowest BCUT2D eigenvalue weighted by atomic mass is 9.94. The number of alkyl halides is 3. The predicted molar refractivity (Wildman–Crippen MR) is 94.3 cm³/mol. The first-order valence-corrected chi connectivity index (χ1v) is 8.70. The number of anilines is 1. The SMILES string of the molecule is O=C1CCC(Nc2ccn3ncc(-c4cccc(C(F)(F)F)c4)c3n2)CC1. The first kappa shape index (κ1) is 17.5. The number of nitrogens with one attached hydrogen (secondary N) is 1. The molecule has 0 bridgehead atoms. The second-order valence-electron chi connectivity index (χ2n) is 6.68. The molecule has 1 aromatic carbocycles. The lowest BCUT2D eigenvalue weighted by molar-refractivity contribution is -0.137. The van der Waals surface area contributed by atoms with Gasteiger partial charge in [0.1, 0.15) is 11.6 Å². The third-order valence-corrected chi connectivity index (χ3v) is 4.77. The molecule has 3 aromatic rings. The number of benzene rings is 1. The Hall–Kier alpha value is -2.90. The number of fused-ring (bicyclic) bond motifs is 1. The maximum absolute atomic E-state index is 13.0. The zero-order chi connectivity index (χ0) is 19.0. The number of carbonyl (C=O) groups is 1. The van der Waals surface area contributed by atoms with Gasteiger partial charge in [0.05, 0.1) is 11.8 Å². The van der Waals surface area contributed by atoms with Crippen LogP contribution in [0, 0.1) is 0 Å². The van der Waals surface area contributed by atoms with Crippen LogP contribution in [0.1, 0.15) is 31.2 Å². The Morgan fingerprint density at radius 1 is 1.15 bits per heavy atom. The van der Waals surface area contributed by atoms with Gasteiger partial charge in [-0.25, -0.2) is 9.50 Å². The summed E-state index contributed by atoms with van der Waals surface area (Å²) in [5.41, 5.74) is 0.711. The summed E-state index contributed by atoms with van der Waals surface area (Å²) < 4.78 is 40.5. The lowest BCUT2D eigenvalue weighted by Gasteiger charge is -2.22. The van der Waals surface area contributed by atoms with E-state index in [0.717, 1.165) is 25.0 Å². The highest BCUT2D eigenvalue weighted by molar-refractivity contribution is 5.79. The summed E-state index contributed by atoms with van der Waals surface area (Å²) in [5.74, 6) is 0.898. The van der Waals surface area contributed by atoms with Crippen LogP contribution in [0.15, 0.2) is 42.7 Å². The minimum Gasteiger partial charge on any atom is -0.367 e. The van der Waals surface area contributed by atoms with Crippen LogP contribution < -0.4 is 5.32 Å². The second kappa shape index (κ2) is 6.68. The number of ketones is 1. The minimum absolute atomic E-state index is 0.164. The number of nitrogens with zero attached hydrogens (tertiary/aromatic N) is 3. The van der Waals surface area contributed by atoms with Crippen molar-refractivity contribution in [3.05, 3.63) is 48.3 Å². The van der Waals surface area contributed by atoms with E-state index in [0.29, 0.717) is 35.4 Å². The van der Waals surface area contributed by atoms with Gasteiger partial charge in [-0.1, -0.05) is 12.1 Å². The Labute approximate surface area is 153 Å². The predicted octanol–water partition coefficient (Wildman–Crippen LogP) is 4.34. The zero-order valence-corrected chi connectivity index (χ0v) is 14.3. The van der Waals surface area contributed by atoms with E-state index in [1.54, 1.807) is 18.3 Å². The van der Waals surface area contributed by atoms with E-state index in [-0.39, 0.29) is 11.8 Å². The van der Waals surface area contributed by atoms with E-state index in [1.807, 2.05) is 0 Å². The van der Waals surface area contributed by atoms with Gasteiger partial charge in [-0.2, -0.15) is 18.3 Å². The van der Waals surface area contributed by atoms with Gasteiger partial charge < -0.3 is 5.32 Å². The van der Waals surface area contributed by atoms with Crippen molar-refractivity contribution < 1.29 is 18.0 Å². The summed E-state index contributed by atoms with van der Waals surface area (Å²) in [4.78, 5) is 15.9. The average Bonchev–Trinajstić information content (AvgIpc) is 3.06. The Morgan fingerprint density at radius 3 is 2.67 bits per heavy atom. The van der Waals surface area contributed by atoms with Crippen LogP contribution in [0.5, 0.6) is 0 Å². The largest absolute Gasteiger partial charge is 0.416 e. The van der Waals surface area contributed by atoms with Gasteiger partial charge in [-0.05, 0) is 36.6 Å². The van der Waals surface area contributed by atoms with Crippen LogP contribution in [0.3, 0.4) is 0 Å².